The van der Waals surface area contributed by atoms with Crippen LogP contribution >= 0.6 is 0 Å². The Balaban J connectivity index is 0.963. The Morgan fingerprint density at radius 3 is 2.62 bits per heavy atom. The maximum absolute atomic E-state index is 13.6. The van der Waals surface area contributed by atoms with Gasteiger partial charge in [0.25, 0.3) is 11.8 Å². The molecule has 1 saturated carbocycles. The van der Waals surface area contributed by atoms with Gasteiger partial charge in [-0.3, -0.25) is 14.6 Å². The Bertz CT molecular complexity index is 2320. The minimum atomic E-state index is -0.250. The lowest BCUT2D eigenvalue weighted by atomic mass is 10.0. The van der Waals surface area contributed by atoms with Gasteiger partial charge in [0, 0.05) is 40.8 Å². The molecule has 8 rings (SSSR count). The normalized spacial score (nSPS) is 12.7. The summed E-state index contributed by atoms with van der Waals surface area (Å²) in [6.07, 6.45) is 10.4. The van der Waals surface area contributed by atoms with Gasteiger partial charge >= 0.3 is 0 Å². The van der Waals surface area contributed by atoms with Crippen molar-refractivity contribution < 1.29 is 14.0 Å². The summed E-state index contributed by atoms with van der Waals surface area (Å²) >= 11 is 0. The third kappa shape index (κ3) is 6.48. The smallest absolute Gasteiger partial charge is 0.255 e. The van der Waals surface area contributed by atoms with Crippen LogP contribution in [0.4, 0.5) is 5.69 Å². The molecule has 5 aromatic heterocycles. The number of rotatable bonds is 11. The number of hydrogen-bond acceptors (Lipinski definition) is 9. The van der Waals surface area contributed by atoms with Crippen molar-refractivity contribution in [3.8, 4) is 11.3 Å². The van der Waals surface area contributed by atoms with Gasteiger partial charge < -0.3 is 15.1 Å². The minimum absolute atomic E-state index is 0.126. The molecule has 1 aliphatic carbocycles. The molecule has 1 fully saturated rings. The van der Waals surface area contributed by atoms with Crippen LogP contribution in [-0.2, 0) is 19.6 Å². The number of amides is 2. The molecule has 248 valence electrons. The number of fused-ring (bicyclic) bond motifs is 1. The van der Waals surface area contributed by atoms with Crippen molar-refractivity contribution in [2.24, 2.45) is 0 Å². The van der Waals surface area contributed by atoms with Crippen LogP contribution in [-0.4, -0.2) is 51.5 Å². The van der Waals surface area contributed by atoms with E-state index in [1.54, 1.807) is 29.5 Å². The molecule has 0 unspecified atom stereocenters. The highest BCUT2D eigenvalue weighted by Crippen LogP contribution is 2.40. The number of carbonyl (C=O) groups is 2. The Hall–Kier alpha value is -6.50. The van der Waals surface area contributed by atoms with Gasteiger partial charge in [0.2, 0.25) is 0 Å². The number of carbonyl (C=O) groups excluding carboxylic acids is 2. The monoisotopic (exact) mass is 664 g/mol. The molecule has 13 heteroatoms. The second kappa shape index (κ2) is 13.2. The molecule has 13 nitrogen and oxygen atoms in total. The van der Waals surface area contributed by atoms with E-state index in [0.717, 1.165) is 40.9 Å². The molecule has 0 radical (unpaired) electrons. The van der Waals surface area contributed by atoms with Crippen molar-refractivity contribution in [3.63, 3.8) is 0 Å². The van der Waals surface area contributed by atoms with Crippen LogP contribution in [0.3, 0.4) is 0 Å². The molecular formula is C37H32N10O3. The summed E-state index contributed by atoms with van der Waals surface area (Å²) in [5.41, 5.74) is 7.23. The van der Waals surface area contributed by atoms with Crippen LogP contribution in [0.5, 0.6) is 0 Å². The Morgan fingerprint density at radius 2 is 1.80 bits per heavy atom. The molecule has 50 heavy (non-hydrogen) atoms. The molecule has 0 saturated heterocycles. The van der Waals surface area contributed by atoms with Crippen LogP contribution in [0.25, 0.3) is 22.3 Å². The number of hydrogen-bond donors (Lipinski definition) is 2. The standard InChI is InChI=1S/C37H32N10O3/c1-23-7-8-26(15-28(23)37(49)42-27-5-3-2-4-6-27)32-20-46(45-44-32)21-33-34(50-22-40-33)18-39-36(48)29-16-31(25-9-10-25)43-35-30(29)17-41-47(35)19-24-11-13-38-14-12-24/h2-8,11-17,20,22,25H,9-10,18-19,21H2,1H3,(H,39,48)(H,42,49). The minimum Gasteiger partial charge on any atom is -0.446 e. The van der Waals surface area contributed by atoms with Gasteiger partial charge in [-0.05, 0) is 67.3 Å². The van der Waals surface area contributed by atoms with Gasteiger partial charge in [-0.15, -0.1) is 5.10 Å². The van der Waals surface area contributed by atoms with Gasteiger partial charge in [-0.25, -0.2) is 19.3 Å². The van der Waals surface area contributed by atoms with Crippen LogP contribution in [0.1, 0.15) is 67.8 Å². The van der Waals surface area contributed by atoms with Gasteiger partial charge in [0.1, 0.15) is 17.1 Å². The van der Waals surface area contributed by atoms with E-state index in [-0.39, 0.29) is 24.9 Å². The highest BCUT2D eigenvalue weighted by Gasteiger charge is 2.28. The van der Waals surface area contributed by atoms with E-state index < -0.39 is 0 Å². The average molecular weight is 665 g/mol. The molecule has 2 aromatic carbocycles. The number of nitrogens with one attached hydrogen (secondary N) is 2. The number of aromatic nitrogens is 8. The molecule has 2 amide bonds. The van der Waals surface area contributed by atoms with Crippen LogP contribution < -0.4 is 10.6 Å². The van der Waals surface area contributed by atoms with Gasteiger partial charge in [0.05, 0.1) is 43.0 Å². The quantitative estimate of drug-likeness (QED) is 0.181. The number of aryl methyl sites for hydroxylation is 1. The number of anilines is 1. The topological polar surface area (TPSA) is 159 Å². The number of benzene rings is 2. The zero-order valence-corrected chi connectivity index (χ0v) is 27.2. The first kappa shape index (κ1) is 30.8. The van der Waals surface area contributed by atoms with Crippen molar-refractivity contribution in [1.82, 2.24) is 45.0 Å². The first-order chi connectivity index (χ1) is 24.5. The molecular weight excluding hydrogens is 632 g/mol. The summed E-state index contributed by atoms with van der Waals surface area (Å²) in [7, 11) is 0. The predicted molar refractivity (Wildman–Crippen MR) is 184 cm³/mol. The number of para-hydroxylation sites is 1. The third-order valence-electron chi connectivity index (χ3n) is 8.75. The average Bonchev–Trinajstić information content (AvgIpc) is 3.51. The molecule has 0 spiro atoms. The number of oxazole rings is 1. The molecule has 2 N–H and O–H groups in total. The largest absolute Gasteiger partial charge is 0.446 e. The fourth-order valence-corrected chi connectivity index (χ4v) is 5.85. The van der Waals surface area contributed by atoms with E-state index in [0.29, 0.717) is 51.8 Å². The molecule has 7 aromatic rings. The fourth-order valence-electron chi connectivity index (χ4n) is 5.85. The second-order valence-corrected chi connectivity index (χ2v) is 12.3. The molecule has 0 aliphatic heterocycles. The summed E-state index contributed by atoms with van der Waals surface area (Å²) in [5, 5.41) is 19.8. The lowest BCUT2D eigenvalue weighted by molar-refractivity contribution is 0.0948. The van der Waals surface area contributed by atoms with E-state index in [1.807, 2.05) is 78.3 Å². The number of nitrogens with zero attached hydrogens (tertiary/aromatic N) is 8. The predicted octanol–water partition coefficient (Wildman–Crippen LogP) is 5.54. The molecule has 0 atom stereocenters. The van der Waals surface area contributed by atoms with Crippen molar-refractivity contribution in [1.29, 1.82) is 0 Å². The van der Waals surface area contributed by atoms with Crippen molar-refractivity contribution in [3.05, 3.63) is 137 Å². The summed E-state index contributed by atoms with van der Waals surface area (Å²) < 4.78 is 9.15. The van der Waals surface area contributed by atoms with Crippen molar-refractivity contribution in [2.75, 3.05) is 5.32 Å². The second-order valence-electron chi connectivity index (χ2n) is 12.3. The lowest BCUT2D eigenvalue weighted by Crippen LogP contribution is -2.24. The zero-order chi connectivity index (χ0) is 34.0. The SMILES string of the molecule is Cc1ccc(-c2cn(Cc3ncoc3CNC(=O)c3cc(C4CC4)nc4c3cnn4Cc3ccncc3)nn2)cc1C(=O)Nc1ccccc1. The van der Waals surface area contributed by atoms with E-state index >= 15 is 0 Å². The van der Waals surface area contributed by atoms with Crippen molar-refractivity contribution in [2.45, 2.75) is 45.3 Å². The lowest BCUT2D eigenvalue weighted by Gasteiger charge is -2.09. The Labute approximate surface area is 286 Å². The van der Waals surface area contributed by atoms with Gasteiger partial charge in [-0.2, -0.15) is 5.10 Å². The highest BCUT2D eigenvalue weighted by molar-refractivity contribution is 6.06. The summed E-state index contributed by atoms with van der Waals surface area (Å²) in [6.45, 7) is 2.82. The maximum Gasteiger partial charge on any atom is 0.255 e. The Kier molecular flexibility index (Phi) is 8.13. The summed E-state index contributed by atoms with van der Waals surface area (Å²) in [5.74, 6) is 0.403. The van der Waals surface area contributed by atoms with Crippen LogP contribution in [0, 0.1) is 6.92 Å². The van der Waals surface area contributed by atoms with E-state index in [9.17, 15) is 9.59 Å². The summed E-state index contributed by atoms with van der Waals surface area (Å²) in [4.78, 5) is 40.1. The molecule has 1 aliphatic rings. The van der Waals surface area contributed by atoms with Gasteiger partial charge in [0.15, 0.2) is 12.0 Å². The zero-order valence-electron chi connectivity index (χ0n) is 27.2. The third-order valence-corrected chi connectivity index (χ3v) is 8.75. The number of pyridine rings is 2. The summed E-state index contributed by atoms with van der Waals surface area (Å²) in [6, 6.07) is 20.7. The van der Waals surface area contributed by atoms with E-state index in [2.05, 4.69) is 36.0 Å². The first-order valence-corrected chi connectivity index (χ1v) is 16.3. The highest BCUT2D eigenvalue weighted by atomic mass is 16.3. The molecule has 5 heterocycles. The van der Waals surface area contributed by atoms with Crippen molar-refractivity contribution >= 4 is 28.5 Å². The molecule has 0 bridgehead atoms. The van der Waals surface area contributed by atoms with Crippen LogP contribution in [0.15, 0.2) is 102 Å². The maximum atomic E-state index is 13.6. The van der Waals surface area contributed by atoms with E-state index in [1.165, 1.54) is 6.39 Å². The fraction of sp³-hybridized carbons (Fsp3) is 0.189. The first-order valence-electron chi connectivity index (χ1n) is 16.3. The van der Waals surface area contributed by atoms with Crippen LogP contribution in [0.2, 0.25) is 0 Å². The van der Waals surface area contributed by atoms with E-state index in [4.69, 9.17) is 9.40 Å². The Morgan fingerprint density at radius 1 is 0.960 bits per heavy atom. The van der Waals surface area contributed by atoms with Gasteiger partial charge in [-0.1, -0.05) is 35.5 Å².